The lowest BCUT2D eigenvalue weighted by atomic mass is 9.99. The first-order valence-corrected chi connectivity index (χ1v) is 15.4. The van der Waals surface area contributed by atoms with E-state index in [-0.39, 0.29) is 45.4 Å². The third-order valence-corrected chi connectivity index (χ3v) is 8.09. The number of aliphatic imine (C=N–C) groups is 1. The molecule has 1 aliphatic rings. The SMILES string of the molecule is Cc1ccc(C(C)C)c(N2C(=O)CSC2=NC(=O)Nc2ccc(-c3nn(C)c(NC(=O)c4ccc(OC(F)(F)F)cc4)c3C#N)cc2)c1. The highest BCUT2D eigenvalue weighted by Gasteiger charge is 2.33. The molecule has 3 aromatic carbocycles. The van der Waals surface area contributed by atoms with Gasteiger partial charge in [0.25, 0.3) is 5.91 Å². The Morgan fingerprint density at radius 3 is 2.38 bits per heavy atom. The van der Waals surface area contributed by atoms with E-state index < -0.39 is 24.1 Å². The molecule has 1 aromatic heterocycles. The number of carbonyl (C=O) groups excluding carboxylic acids is 3. The standard InChI is InChI=1S/C33H28F3N7O4S/c1-18(2)24-14-5-19(3)15-26(24)43-27(44)17-48-32(43)40-31(46)38-22-10-6-20(7-11-22)28-25(16-37)29(42(4)41-28)39-30(45)21-8-12-23(13-9-21)47-33(34,35)36/h5-15,18H,17H2,1-4H3,(H,38,46)(H,39,45). The Labute approximate surface area is 277 Å². The average molecular weight is 676 g/mol. The van der Waals surface area contributed by atoms with Crippen LogP contribution >= 0.6 is 11.8 Å². The lowest BCUT2D eigenvalue weighted by Crippen LogP contribution is -2.31. The molecular formula is C33H28F3N7O4S. The summed E-state index contributed by atoms with van der Waals surface area (Å²) in [5.41, 5.74) is 3.86. The molecule has 0 unspecified atom stereocenters. The third-order valence-electron chi connectivity index (χ3n) is 7.16. The number of carbonyl (C=O) groups is 3. The molecule has 1 fully saturated rings. The van der Waals surface area contributed by atoms with Crippen LogP contribution in [0, 0.1) is 18.3 Å². The van der Waals surface area contributed by atoms with Gasteiger partial charge in [-0.05, 0) is 66.4 Å². The number of ether oxygens (including phenoxy) is 1. The number of nitrogens with one attached hydrogen (secondary N) is 2. The highest BCUT2D eigenvalue weighted by atomic mass is 32.2. The van der Waals surface area contributed by atoms with E-state index in [1.165, 1.54) is 28.4 Å². The van der Waals surface area contributed by atoms with E-state index in [0.29, 0.717) is 16.9 Å². The largest absolute Gasteiger partial charge is 0.573 e. The Balaban J connectivity index is 1.30. The summed E-state index contributed by atoms with van der Waals surface area (Å²) in [5, 5.41) is 19.8. The van der Waals surface area contributed by atoms with Crippen LogP contribution in [0.5, 0.6) is 5.75 Å². The van der Waals surface area contributed by atoms with Gasteiger partial charge < -0.3 is 15.4 Å². The second kappa shape index (κ2) is 13.6. The van der Waals surface area contributed by atoms with Crippen LogP contribution in [0.3, 0.4) is 0 Å². The molecule has 1 saturated heterocycles. The Morgan fingerprint density at radius 1 is 1.06 bits per heavy atom. The van der Waals surface area contributed by atoms with E-state index in [9.17, 15) is 32.8 Å². The van der Waals surface area contributed by atoms with Gasteiger partial charge in [-0.3, -0.25) is 19.2 Å². The number of hydrogen-bond acceptors (Lipinski definition) is 7. The molecule has 0 spiro atoms. The van der Waals surface area contributed by atoms with Gasteiger partial charge >= 0.3 is 12.4 Å². The molecule has 0 radical (unpaired) electrons. The summed E-state index contributed by atoms with van der Waals surface area (Å²) < 4.78 is 42.5. The molecule has 246 valence electrons. The third kappa shape index (κ3) is 7.50. The first kappa shape index (κ1) is 33.7. The minimum atomic E-state index is -4.87. The molecule has 0 atom stereocenters. The highest BCUT2D eigenvalue weighted by molar-refractivity contribution is 8.15. The summed E-state index contributed by atoms with van der Waals surface area (Å²) in [7, 11) is 1.52. The molecule has 4 amide bonds. The Hall–Kier alpha value is -5.62. The van der Waals surface area contributed by atoms with Crippen molar-refractivity contribution in [2.75, 3.05) is 21.3 Å². The van der Waals surface area contributed by atoms with Gasteiger partial charge in [-0.2, -0.15) is 15.4 Å². The van der Waals surface area contributed by atoms with Crippen LogP contribution in [0.15, 0.2) is 71.7 Å². The van der Waals surface area contributed by atoms with Gasteiger partial charge in [0.2, 0.25) is 5.91 Å². The maximum absolute atomic E-state index is 12.9. The molecule has 0 saturated carbocycles. The Bertz CT molecular complexity index is 1970. The van der Waals surface area contributed by atoms with Gasteiger partial charge in [-0.25, -0.2) is 4.79 Å². The molecule has 2 heterocycles. The van der Waals surface area contributed by atoms with Crippen LogP contribution in [0.2, 0.25) is 0 Å². The van der Waals surface area contributed by atoms with Crippen molar-refractivity contribution < 1.29 is 32.3 Å². The van der Waals surface area contributed by atoms with E-state index in [0.717, 1.165) is 35.4 Å². The molecule has 4 aromatic rings. The Kier molecular flexibility index (Phi) is 9.57. The number of nitriles is 1. The molecular weight excluding hydrogens is 647 g/mol. The molecule has 11 nitrogen and oxygen atoms in total. The van der Waals surface area contributed by atoms with E-state index >= 15 is 0 Å². The minimum Gasteiger partial charge on any atom is -0.406 e. The van der Waals surface area contributed by atoms with Gasteiger partial charge in [0.15, 0.2) is 5.17 Å². The van der Waals surface area contributed by atoms with Crippen molar-refractivity contribution >= 4 is 52.0 Å². The second-order valence-electron chi connectivity index (χ2n) is 11.0. The zero-order valence-corrected chi connectivity index (χ0v) is 26.9. The number of aryl methyl sites for hydroxylation is 2. The maximum Gasteiger partial charge on any atom is 0.573 e. The predicted octanol–water partition coefficient (Wildman–Crippen LogP) is 7.21. The number of hydrogen-bond donors (Lipinski definition) is 2. The highest BCUT2D eigenvalue weighted by Crippen LogP contribution is 2.35. The summed E-state index contributed by atoms with van der Waals surface area (Å²) in [4.78, 5) is 44.3. The van der Waals surface area contributed by atoms with Crippen molar-refractivity contribution in [3.63, 3.8) is 0 Å². The number of alkyl halides is 3. The molecule has 0 bridgehead atoms. The number of amidine groups is 1. The topological polar surface area (TPSA) is 142 Å². The summed E-state index contributed by atoms with van der Waals surface area (Å²) >= 11 is 1.18. The zero-order chi connectivity index (χ0) is 34.7. The number of anilines is 3. The summed E-state index contributed by atoms with van der Waals surface area (Å²) in [6, 6.07) is 18.0. The first-order chi connectivity index (χ1) is 22.7. The van der Waals surface area contributed by atoms with Crippen LogP contribution in [0.1, 0.15) is 46.8 Å². The molecule has 2 N–H and O–H groups in total. The summed E-state index contributed by atoms with van der Waals surface area (Å²) in [5.74, 6) is -0.960. The van der Waals surface area contributed by atoms with Crippen LogP contribution in [-0.4, -0.2) is 44.9 Å². The van der Waals surface area contributed by atoms with Gasteiger partial charge in [0.05, 0.1) is 11.4 Å². The second-order valence-corrected chi connectivity index (χ2v) is 11.9. The maximum atomic E-state index is 12.9. The fourth-order valence-electron chi connectivity index (χ4n) is 4.93. The van der Waals surface area contributed by atoms with Crippen molar-refractivity contribution in [1.82, 2.24) is 9.78 Å². The molecule has 5 rings (SSSR count). The number of amides is 4. The molecule has 48 heavy (non-hydrogen) atoms. The van der Waals surface area contributed by atoms with Crippen LogP contribution in [0.4, 0.5) is 35.2 Å². The molecule has 1 aliphatic heterocycles. The van der Waals surface area contributed by atoms with E-state index in [1.54, 1.807) is 24.3 Å². The lowest BCUT2D eigenvalue weighted by Gasteiger charge is -2.22. The number of thioether (sulfide) groups is 1. The van der Waals surface area contributed by atoms with Gasteiger partial charge in [-0.15, -0.1) is 13.2 Å². The van der Waals surface area contributed by atoms with Crippen molar-refractivity contribution in [1.29, 1.82) is 5.26 Å². The summed E-state index contributed by atoms with van der Waals surface area (Å²) in [6.07, 6.45) is -4.87. The normalized spacial score (nSPS) is 13.9. The lowest BCUT2D eigenvalue weighted by molar-refractivity contribution is -0.274. The van der Waals surface area contributed by atoms with E-state index in [2.05, 4.69) is 25.5 Å². The number of benzene rings is 3. The smallest absolute Gasteiger partial charge is 0.406 e. The van der Waals surface area contributed by atoms with Crippen LogP contribution in [0.25, 0.3) is 11.3 Å². The average Bonchev–Trinajstić information content (AvgIpc) is 3.54. The van der Waals surface area contributed by atoms with Crippen molar-refractivity contribution in [2.24, 2.45) is 12.0 Å². The van der Waals surface area contributed by atoms with Gasteiger partial charge in [0.1, 0.15) is 28.9 Å². The van der Waals surface area contributed by atoms with Crippen molar-refractivity contribution in [2.45, 2.75) is 33.1 Å². The molecule has 0 aliphatic carbocycles. The minimum absolute atomic E-state index is 0.0302. The van der Waals surface area contributed by atoms with Crippen LogP contribution in [-0.2, 0) is 11.8 Å². The van der Waals surface area contributed by atoms with E-state index in [1.807, 2.05) is 45.0 Å². The molecule has 15 heteroatoms. The Morgan fingerprint density at radius 2 is 1.75 bits per heavy atom. The van der Waals surface area contributed by atoms with E-state index in [4.69, 9.17) is 0 Å². The predicted molar refractivity (Wildman–Crippen MR) is 176 cm³/mol. The number of urea groups is 1. The number of halogens is 3. The number of nitrogens with zero attached hydrogens (tertiary/aromatic N) is 5. The van der Waals surface area contributed by atoms with Crippen LogP contribution < -0.4 is 20.3 Å². The fraction of sp³-hybridized carbons (Fsp3) is 0.212. The van der Waals surface area contributed by atoms with Crippen molar-refractivity contribution in [3.8, 4) is 23.1 Å². The first-order valence-electron chi connectivity index (χ1n) is 14.4. The number of rotatable bonds is 7. The van der Waals surface area contributed by atoms with Crippen molar-refractivity contribution in [3.05, 3.63) is 89.0 Å². The fourth-order valence-corrected chi connectivity index (χ4v) is 5.79. The quantitative estimate of drug-likeness (QED) is 0.211. The zero-order valence-electron chi connectivity index (χ0n) is 26.0. The monoisotopic (exact) mass is 675 g/mol. The summed E-state index contributed by atoms with van der Waals surface area (Å²) in [6.45, 7) is 5.98. The van der Waals surface area contributed by atoms with Gasteiger partial charge in [0, 0.05) is 23.9 Å². The van der Waals surface area contributed by atoms with Gasteiger partial charge in [-0.1, -0.05) is 49.9 Å². The number of aromatic nitrogens is 2.